The molecule has 1 aliphatic heterocycles. The average Bonchev–Trinajstić information content (AvgIpc) is 3.06. The van der Waals surface area contributed by atoms with Gasteiger partial charge in [0.2, 0.25) is 0 Å². The van der Waals surface area contributed by atoms with Crippen LogP contribution in [-0.2, 0) is 12.6 Å². The second kappa shape index (κ2) is 7.54. The van der Waals surface area contributed by atoms with Crippen LogP contribution in [0.15, 0.2) is 42.5 Å². The summed E-state index contributed by atoms with van der Waals surface area (Å²) < 4.78 is 39.4. The van der Waals surface area contributed by atoms with Crippen LogP contribution >= 0.6 is 23.8 Å². The van der Waals surface area contributed by atoms with Gasteiger partial charge < -0.3 is 15.2 Å². The molecule has 3 aromatic rings. The van der Waals surface area contributed by atoms with Crippen LogP contribution in [0.3, 0.4) is 0 Å². The van der Waals surface area contributed by atoms with Crippen molar-refractivity contribution in [3.05, 3.63) is 64.3 Å². The van der Waals surface area contributed by atoms with E-state index >= 15 is 0 Å². The van der Waals surface area contributed by atoms with E-state index in [1.165, 1.54) is 23.1 Å². The van der Waals surface area contributed by atoms with Gasteiger partial charge in [0.15, 0.2) is 5.11 Å². The molecule has 1 aliphatic rings. The lowest BCUT2D eigenvalue weighted by Crippen LogP contribution is -2.42. The van der Waals surface area contributed by atoms with E-state index in [0.29, 0.717) is 11.7 Å². The Labute approximate surface area is 176 Å². The summed E-state index contributed by atoms with van der Waals surface area (Å²) in [5.74, 6) is 0. The molecule has 1 aromatic heterocycles. The van der Waals surface area contributed by atoms with Crippen LogP contribution in [0.25, 0.3) is 10.9 Å². The van der Waals surface area contributed by atoms with Crippen LogP contribution in [-0.4, -0.2) is 21.5 Å². The molecule has 0 saturated heterocycles. The van der Waals surface area contributed by atoms with E-state index in [-0.39, 0.29) is 16.8 Å². The quantitative estimate of drug-likeness (QED) is 0.446. The minimum Gasteiger partial charge on any atom is -0.356 e. The molecule has 0 saturated carbocycles. The van der Waals surface area contributed by atoms with Gasteiger partial charge in [-0.05, 0) is 54.9 Å². The highest BCUT2D eigenvalue weighted by molar-refractivity contribution is 7.80. The molecule has 0 fully saturated rings. The molecule has 2 N–H and O–H groups in total. The highest BCUT2D eigenvalue weighted by atomic mass is 35.5. The number of thiocarbonyl (C=S) groups is 1. The number of nitrogens with one attached hydrogen (secondary N) is 2. The zero-order valence-electron chi connectivity index (χ0n) is 15.6. The van der Waals surface area contributed by atoms with Crippen LogP contribution in [0.5, 0.6) is 0 Å². The number of rotatable bonds is 2. The molecule has 2 heterocycles. The lowest BCUT2D eigenvalue weighted by molar-refractivity contribution is -0.137. The summed E-state index contributed by atoms with van der Waals surface area (Å²) in [6, 6.07) is 11.9. The molecule has 29 heavy (non-hydrogen) atoms. The molecule has 1 atom stereocenters. The molecule has 0 aliphatic carbocycles. The predicted molar refractivity (Wildman–Crippen MR) is 114 cm³/mol. The van der Waals surface area contributed by atoms with Gasteiger partial charge in [0.1, 0.15) is 0 Å². The summed E-state index contributed by atoms with van der Waals surface area (Å²) in [7, 11) is 0. The Morgan fingerprint density at radius 3 is 2.76 bits per heavy atom. The topological polar surface area (TPSA) is 31.1 Å². The Kier molecular flexibility index (Phi) is 5.21. The maximum absolute atomic E-state index is 13.1. The van der Waals surface area contributed by atoms with E-state index in [0.717, 1.165) is 30.1 Å². The fourth-order valence-corrected chi connectivity index (χ4v) is 4.56. The van der Waals surface area contributed by atoms with Crippen LogP contribution in [0, 0.1) is 0 Å². The van der Waals surface area contributed by atoms with Crippen molar-refractivity contribution in [2.75, 3.05) is 11.9 Å². The van der Waals surface area contributed by atoms with E-state index in [1.54, 1.807) is 0 Å². The molecule has 4 rings (SSSR count). The maximum Gasteiger partial charge on any atom is 0.417 e. The number of H-pyrrole nitrogens is 1. The summed E-state index contributed by atoms with van der Waals surface area (Å²) in [5.41, 5.74) is 2.89. The van der Waals surface area contributed by atoms with E-state index in [9.17, 15) is 13.2 Å². The maximum atomic E-state index is 13.1. The molecule has 2 aromatic carbocycles. The molecular formula is C21H19ClF3N3S. The Morgan fingerprint density at radius 2 is 2.03 bits per heavy atom. The Hall–Kier alpha value is -2.25. The van der Waals surface area contributed by atoms with Crippen molar-refractivity contribution in [3.8, 4) is 0 Å². The Bertz CT molecular complexity index is 1080. The third-order valence-electron chi connectivity index (χ3n) is 5.33. The smallest absolute Gasteiger partial charge is 0.356 e. The van der Waals surface area contributed by atoms with Crippen molar-refractivity contribution in [3.63, 3.8) is 0 Å². The van der Waals surface area contributed by atoms with Crippen molar-refractivity contribution in [2.45, 2.75) is 32.0 Å². The van der Waals surface area contributed by atoms with Gasteiger partial charge in [0, 0.05) is 28.8 Å². The van der Waals surface area contributed by atoms with Gasteiger partial charge in [-0.1, -0.05) is 36.7 Å². The van der Waals surface area contributed by atoms with Crippen LogP contribution in [0.1, 0.15) is 36.2 Å². The van der Waals surface area contributed by atoms with Crippen molar-refractivity contribution in [1.82, 2.24) is 9.88 Å². The first kappa shape index (κ1) is 20.0. The van der Waals surface area contributed by atoms with E-state index < -0.39 is 11.7 Å². The number of nitrogens with zero attached hydrogens (tertiary/aromatic N) is 1. The molecule has 0 spiro atoms. The van der Waals surface area contributed by atoms with E-state index in [2.05, 4.69) is 23.3 Å². The Balaban J connectivity index is 1.61. The highest BCUT2D eigenvalue weighted by Gasteiger charge is 2.34. The molecule has 0 amide bonds. The fraction of sp³-hybridized carbons (Fsp3) is 0.286. The molecule has 3 nitrogen and oxygen atoms in total. The minimum atomic E-state index is -4.52. The number of para-hydroxylation sites is 1. The van der Waals surface area contributed by atoms with Gasteiger partial charge in [0.05, 0.1) is 16.6 Å². The number of halogens is 4. The summed E-state index contributed by atoms with van der Waals surface area (Å²) in [5, 5.41) is 4.25. The minimum absolute atomic E-state index is 0.0283. The number of anilines is 1. The number of aromatic amines is 1. The van der Waals surface area contributed by atoms with Crippen molar-refractivity contribution in [2.24, 2.45) is 0 Å². The van der Waals surface area contributed by atoms with Crippen molar-refractivity contribution < 1.29 is 13.2 Å². The summed E-state index contributed by atoms with van der Waals surface area (Å²) in [6.07, 6.45) is -2.89. The van der Waals surface area contributed by atoms with Crippen LogP contribution in [0.2, 0.25) is 5.02 Å². The lowest BCUT2D eigenvalue weighted by atomic mass is 9.96. The second-order valence-electron chi connectivity index (χ2n) is 7.05. The average molecular weight is 438 g/mol. The molecule has 0 bridgehead atoms. The third-order valence-corrected chi connectivity index (χ3v) is 6.00. The lowest BCUT2D eigenvalue weighted by Gasteiger charge is -2.37. The Morgan fingerprint density at radius 1 is 1.28 bits per heavy atom. The normalized spacial score (nSPS) is 16.7. The van der Waals surface area contributed by atoms with Gasteiger partial charge >= 0.3 is 6.18 Å². The van der Waals surface area contributed by atoms with Crippen LogP contribution in [0.4, 0.5) is 18.9 Å². The van der Waals surface area contributed by atoms with Crippen molar-refractivity contribution >= 4 is 45.5 Å². The van der Waals surface area contributed by atoms with Gasteiger partial charge in [0.25, 0.3) is 0 Å². The monoisotopic (exact) mass is 437 g/mol. The molecular weight excluding hydrogens is 419 g/mol. The molecule has 152 valence electrons. The van der Waals surface area contributed by atoms with Gasteiger partial charge in [-0.15, -0.1) is 0 Å². The number of benzene rings is 2. The SMILES string of the molecule is CCC1c2[nH]c3ccccc3c2CCN1C(=S)Nc1ccc(Cl)c(C(F)(F)F)c1. The molecule has 1 unspecified atom stereocenters. The fourth-order valence-electron chi connectivity index (χ4n) is 4.00. The van der Waals surface area contributed by atoms with Gasteiger partial charge in [-0.2, -0.15) is 13.2 Å². The zero-order chi connectivity index (χ0) is 20.8. The first-order chi connectivity index (χ1) is 13.8. The zero-order valence-corrected chi connectivity index (χ0v) is 17.2. The number of hydrogen-bond donors (Lipinski definition) is 2. The first-order valence-electron chi connectivity index (χ1n) is 9.33. The molecule has 0 radical (unpaired) electrons. The standard InChI is InChI=1S/C21H19ClF3N3S/c1-2-18-19-14(13-5-3-4-6-17(13)27-19)9-10-28(18)20(29)26-12-7-8-16(22)15(11-12)21(23,24)25/h3-8,11,18,27H,2,9-10H2,1H3,(H,26,29). The number of hydrogen-bond acceptors (Lipinski definition) is 1. The summed E-state index contributed by atoms with van der Waals surface area (Å²) in [6.45, 7) is 2.77. The summed E-state index contributed by atoms with van der Waals surface area (Å²) in [4.78, 5) is 5.54. The highest BCUT2D eigenvalue weighted by Crippen LogP contribution is 2.38. The van der Waals surface area contributed by atoms with E-state index in [1.807, 2.05) is 23.1 Å². The number of aromatic nitrogens is 1. The third kappa shape index (κ3) is 3.69. The predicted octanol–water partition coefficient (Wildman–Crippen LogP) is 6.55. The first-order valence-corrected chi connectivity index (χ1v) is 10.1. The second-order valence-corrected chi connectivity index (χ2v) is 7.85. The van der Waals surface area contributed by atoms with Gasteiger partial charge in [-0.3, -0.25) is 0 Å². The van der Waals surface area contributed by atoms with Crippen LogP contribution < -0.4 is 5.32 Å². The number of fused-ring (bicyclic) bond motifs is 3. The number of alkyl halides is 3. The largest absolute Gasteiger partial charge is 0.417 e. The van der Waals surface area contributed by atoms with Gasteiger partial charge in [-0.25, -0.2) is 0 Å². The van der Waals surface area contributed by atoms with E-state index in [4.69, 9.17) is 23.8 Å². The van der Waals surface area contributed by atoms with Crippen molar-refractivity contribution in [1.29, 1.82) is 0 Å². The molecule has 8 heteroatoms. The summed E-state index contributed by atoms with van der Waals surface area (Å²) >= 11 is 11.3.